The quantitative estimate of drug-likeness (QED) is 0.609. The van der Waals surface area contributed by atoms with E-state index in [9.17, 15) is 4.79 Å². The summed E-state index contributed by atoms with van der Waals surface area (Å²) in [4.78, 5) is 21.7. The number of nitrogens with one attached hydrogen (secondary N) is 1. The minimum atomic E-state index is -0.0841. The van der Waals surface area contributed by atoms with Gasteiger partial charge in [-0.05, 0) is 43.0 Å². The Labute approximate surface area is 182 Å². The van der Waals surface area contributed by atoms with Gasteiger partial charge in [0, 0.05) is 37.7 Å². The molecule has 3 aromatic rings. The van der Waals surface area contributed by atoms with Gasteiger partial charge >= 0.3 is 0 Å². The first-order chi connectivity index (χ1) is 14.7. The lowest BCUT2D eigenvalue weighted by atomic mass is 9.97. The molecule has 0 radical (unpaired) electrons. The van der Waals surface area contributed by atoms with Crippen LogP contribution in [0.25, 0.3) is 0 Å². The van der Waals surface area contributed by atoms with Gasteiger partial charge in [-0.25, -0.2) is 4.98 Å². The Morgan fingerprint density at radius 3 is 2.67 bits per heavy atom. The summed E-state index contributed by atoms with van der Waals surface area (Å²) in [5.41, 5.74) is 2.90. The Morgan fingerprint density at radius 1 is 1.17 bits per heavy atom. The lowest BCUT2D eigenvalue weighted by Crippen LogP contribution is -2.40. The van der Waals surface area contributed by atoms with Crippen molar-refractivity contribution in [1.82, 2.24) is 15.2 Å². The summed E-state index contributed by atoms with van der Waals surface area (Å²) < 4.78 is 0. The highest BCUT2D eigenvalue weighted by atomic mass is 32.1. The zero-order chi connectivity index (χ0) is 20.8. The van der Waals surface area contributed by atoms with Gasteiger partial charge in [0.25, 0.3) is 5.91 Å². The van der Waals surface area contributed by atoms with Crippen LogP contribution in [0.15, 0.2) is 66.0 Å². The van der Waals surface area contributed by atoms with Crippen LogP contribution in [0.1, 0.15) is 28.9 Å². The molecule has 0 spiro atoms. The molecule has 4 rings (SSSR count). The number of hydrogen-bond acceptors (Lipinski definition) is 5. The zero-order valence-electron chi connectivity index (χ0n) is 17.3. The van der Waals surface area contributed by atoms with Gasteiger partial charge in [-0.2, -0.15) is 0 Å². The Bertz CT molecular complexity index is 944. The van der Waals surface area contributed by atoms with Crippen molar-refractivity contribution in [2.45, 2.75) is 19.4 Å². The number of aromatic nitrogens is 1. The minimum Gasteiger partial charge on any atom is -0.350 e. The third-order valence-electron chi connectivity index (χ3n) is 5.56. The second-order valence-corrected chi connectivity index (χ2v) is 8.69. The predicted octanol–water partition coefficient (Wildman–Crippen LogP) is 4.55. The first-order valence-electron chi connectivity index (χ1n) is 10.5. The number of carbonyl (C=O) groups excluding carboxylic acids is 1. The number of benzene rings is 2. The molecule has 30 heavy (non-hydrogen) atoms. The zero-order valence-corrected chi connectivity index (χ0v) is 18.1. The van der Waals surface area contributed by atoms with Gasteiger partial charge in [0.15, 0.2) is 5.13 Å². The van der Waals surface area contributed by atoms with Crippen LogP contribution in [0.5, 0.6) is 0 Å². The van der Waals surface area contributed by atoms with Crippen molar-refractivity contribution in [3.63, 3.8) is 0 Å². The molecular formula is C24H28N4OS. The molecule has 1 aliphatic heterocycles. The highest BCUT2D eigenvalue weighted by Crippen LogP contribution is 2.26. The van der Waals surface area contributed by atoms with Crippen molar-refractivity contribution in [2.75, 3.05) is 31.6 Å². The number of rotatable bonds is 7. The van der Waals surface area contributed by atoms with Crippen LogP contribution in [-0.2, 0) is 6.54 Å². The molecule has 1 atom stereocenters. The van der Waals surface area contributed by atoms with E-state index in [4.69, 9.17) is 0 Å². The summed E-state index contributed by atoms with van der Waals surface area (Å²) in [5, 5.41) is 5.76. The fourth-order valence-electron chi connectivity index (χ4n) is 3.92. The van der Waals surface area contributed by atoms with Crippen LogP contribution in [0, 0.1) is 5.92 Å². The molecule has 0 aliphatic carbocycles. The number of piperidine rings is 1. The monoisotopic (exact) mass is 420 g/mol. The van der Waals surface area contributed by atoms with E-state index in [2.05, 4.69) is 45.5 Å². The number of nitrogens with zero attached hydrogens (tertiary/aromatic N) is 3. The van der Waals surface area contributed by atoms with Gasteiger partial charge in [-0.15, -0.1) is 11.3 Å². The van der Waals surface area contributed by atoms with Crippen LogP contribution < -0.4 is 10.2 Å². The summed E-state index contributed by atoms with van der Waals surface area (Å²) in [5.74, 6) is 0.399. The molecule has 156 valence electrons. The number of amides is 1. The second kappa shape index (κ2) is 9.87. The van der Waals surface area contributed by atoms with Crippen molar-refractivity contribution < 1.29 is 4.79 Å². The first-order valence-corrected chi connectivity index (χ1v) is 11.4. The van der Waals surface area contributed by atoms with E-state index in [1.807, 2.05) is 47.7 Å². The molecule has 0 saturated carbocycles. The van der Waals surface area contributed by atoms with Crippen molar-refractivity contribution in [2.24, 2.45) is 5.92 Å². The maximum Gasteiger partial charge on any atom is 0.270 e. The lowest BCUT2D eigenvalue weighted by molar-refractivity contribution is 0.0926. The third kappa shape index (κ3) is 5.26. The molecule has 1 aromatic heterocycles. The third-order valence-corrected chi connectivity index (χ3v) is 6.48. The van der Waals surface area contributed by atoms with Crippen molar-refractivity contribution in [1.29, 1.82) is 0 Å². The van der Waals surface area contributed by atoms with Crippen molar-refractivity contribution in [3.8, 4) is 0 Å². The largest absolute Gasteiger partial charge is 0.350 e. The smallest absolute Gasteiger partial charge is 0.270 e. The van der Waals surface area contributed by atoms with E-state index in [1.54, 1.807) is 0 Å². The van der Waals surface area contributed by atoms with Gasteiger partial charge in [-0.3, -0.25) is 9.69 Å². The minimum absolute atomic E-state index is 0.0841. The Kier molecular flexibility index (Phi) is 6.77. The lowest BCUT2D eigenvalue weighted by Gasteiger charge is -2.32. The molecule has 1 N–H and O–H groups in total. The maximum atomic E-state index is 12.6. The summed E-state index contributed by atoms with van der Waals surface area (Å²) >= 11 is 1.49. The molecule has 2 aromatic carbocycles. The summed E-state index contributed by atoms with van der Waals surface area (Å²) in [6.07, 6.45) is 2.33. The molecule has 1 fully saturated rings. The summed E-state index contributed by atoms with van der Waals surface area (Å²) in [7, 11) is 1.97. The fraction of sp³-hybridized carbons (Fsp3) is 0.333. The normalized spacial score (nSPS) is 16.9. The van der Waals surface area contributed by atoms with Gasteiger partial charge in [-0.1, -0.05) is 48.5 Å². The fourth-order valence-corrected chi connectivity index (χ4v) is 4.71. The highest BCUT2D eigenvalue weighted by molar-refractivity contribution is 7.14. The highest BCUT2D eigenvalue weighted by Gasteiger charge is 2.21. The number of thiazole rings is 1. The number of likely N-dealkylation sites (tertiary alicyclic amines) is 1. The summed E-state index contributed by atoms with van der Waals surface area (Å²) in [6.45, 7) is 3.83. The molecule has 1 amide bonds. The average Bonchev–Trinajstić information content (AvgIpc) is 3.29. The van der Waals surface area contributed by atoms with E-state index in [-0.39, 0.29) is 5.91 Å². The van der Waals surface area contributed by atoms with Gasteiger partial charge in [0.2, 0.25) is 0 Å². The molecule has 0 bridgehead atoms. The molecule has 6 heteroatoms. The maximum absolute atomic E-state index is 12.6. The molecule has 2 heterocycles. The number of anilines is 2. The van der Waals surface area contributed by atoms with Crippen molar-refractivity contribution in [3.05, 3.63) is 77.3 Å². The molecule has 1 aliphatic rings. The SMILES string of the molecule is CN(c1ccccc1)c1nc(C(=O)NC[C@@H]2CCCN(Cc3ccccc3)C2)cs1. The van der Waals surface area contributed by atoms with Gasteiger partial charge < -0.3 is 10.2 Å². The Hall–Kier alpha value is -2.70. The van der Waals surface area contributed by atoms with E-state index in [0.717, 1.165) is 36.9 Å². The predicted molar refractivity (Wildman–Crippen MR) is 123 cm³/mol. The van der Waals surface area contributed by atoms with E-state index >= 15 is 0 Å². The molecule has 0 unspecified atom stereocenters. The number of hydrogen-bond donors (Lipinski definition) is 1. The second-order valence-electron chi connectivity index (χ2n) is 7.85. The van der Waals surface area contributed by atoms with Crippen LogP contribution in [0.4, 0.5) is 10.8 Å². The van der Waals surface area contributed by atoms with Crippen LogP contribution in [0.2, 0.25) is 0 Å². The Morgan fingerprint density at radius 2 is 1.90 bits per heavy atom. The van der Waals surface area contributed by atoms with Crippen molar-refractivity contribution >= 4 is 28.1 Å². The molecule has 1 saturated heterocycles. The molecule has 5 nitrogen and oxygen atoms in total. The van der Waals surface area contributed by atoms with Crippen LogP contribution in [0.3, 0.4) is 0 Å². The van der Waals surface area contributed by atoms with Gasteiger partial charge in [0.05, 0.1) is 0 Å². The summed E-state index contributed by atoms with van der Waals surface area (Å²) in [6, 6.07) is 20.6. The number of para-hydroxylation sites is 1. The average molecular weight is 421 g/mol. The van der Waals surface area contributed by atoms with Crippen LogP contribution >= 0.6 is 11.3 Å². The topological polar surface area (TPSA) is 48.5 Å². The van der Waals surface area contributed by atoms with Gasteiger partial charge in [0.1, 0.15) is 5.69 Å². The Balaban J connectivity index is 1.29. The van der Waals surface area contributed by atoms with Crippen LogP contribution in [-0.4, -0.2) is 42.5 Å². The first kappa shape index (κ1) is 20.6. The number of carbonyl (C=O) groups is 1. The van der Waals surface area contributed by atoms with E-state index < -0.39 is 0 Å². The van der Waals surface area contributed by atoms with E-state index in [1.165, 1.54) is 23.3 Å². The molecular weight excluding hydrogens is 392 g/mol. The van der Waals surface area contributed by atoms with E-state index in [0.29, 0.717) is 18.2 Å². The standard InChI is InChI=1S/C24H28N4OS/c1-27(21-12-6-3-7-13-21)24-26-22(18-30-24)23(29)25-15-20-11-8-14-28(17-20)16-19-9-4-2-5-10-19/h2-7,9-10,12-13,18,20H,8,11,14-17H2,1H3,(H,25,29)/t20-/m0/s1.